The maximum atomic E-state index is 13.0. The number of aliphatic hydroxyl groups is 7. The molecule has 8 atom stereocenters. The number of hydrogen-bond donors (Lipinski definition) is 9. The number of amides is 1. The van der Waals surface area contributed by atoms with Crippen LogP contribution in [0.25, 0.3) is 0 Å². The summed E-state index contributed by atoms with van der Waals surface area (Å²) in [4.78, 5) is 23.5. The summed E-state index contributed by atoms with van der Waals surface area (Å²) < 4.78 is 22.9. The van der Waals surface area contributed by atoms with Gasteiger partial charge in [0.1, 0.15) is 36.6 Å². The van der Waals surface area contributed by atoms with Crippen molar-refractivity contribution in [2.45, 2.75) is 268 Å². The first-order valence-corrected chi connectivity index (χ1v) is 26.4. The Kier molecular flexibility index (Phi) is 36.0. The molecule has 0 saturated heterocycles. The number of phosphoric acid groups is 1. The van der Waals surface area contributed by atoms with Crippen LogP contribution in [-0.4, -0.2) is 108 Å². The topological polar surface area (TPSA) is 226 Å². The molecule has 1 saturated carbocycles. The molecule has 1 amide bonds. The van der Waals surface area contributed by atoms with E-state index in [0.29, 0.717) is 12.8 Å². The van der Waals surface area contributed by atoms with Gasteiger partial charge >= 0.3 is 7.82 Å². The van der Waals surface area contributed by atoms with Crippen LogP contribution in [0.15, 0.2) is 24.3 Å². The van der Waals surface area contributed by atoms with E-state index in [4.69, 9.17) is 9.05 Å². The number of carbonyl (C=O) groups excluding carboxylic acids is 1. The van der Waals surface area contributed by atoms with Crippen LogP contribution < -0.4 is 5.32 Å². The van der Waals surface area contributed by atoms with E-state index in [1.807, 2.05) is 0 Å². The van der Waals surface area contributed by atoms with E-state index in [9.17, 15) is 50.0 Å². The maximum absolute atomic E-state index is 13.0. The molecule has 8 unspecified atom stereocenters. The summed E-state index contributed by atoms with van der Waals surface area (Å²) in [6, 6.07) is -1.24. The molecule has 366 valence electrons. The molecular weight excluding hydrogens is 813 g/mol. The van der Waals surface area contributed by atoms with Crippen molar-refractivity contribution >= 4 is 13.7 Å². The average Bonchev–Trinajstić information content (AvgIpc) is 3.24. The summed E-state index contributed by atoms with van der Waals surface area (Å²) in [5.41, 5.74) is 0. The number of rotatable bonds is 41. The summed E-state index contributed by atoms with van der Waals surface area (Å²) in [5.74, 6) is -0.597. The Morgan fingerprint density at radius 2 is 0.935 bits per heavy atom. The zero-order valence-corrected chi connectivity index (χ0v) is 39.7. The number of nitrogens with one attached hydrogen (secondary N) is 1. The Labute approximate surface area is 375 Å². The molecule has 0 aromatic rings. The van der Waals surface area contributed by atoms with Gasteiger partial charge in [-0.2, -0.15) is 0 Å². The number of allylic oxidation sites excluding steroid dienone is 3. The third-order valence-corrected chi connectivity index (χ3v) is 13.0. The molecule has 1 aliphatic rings. The second-order valence-electron chi connectivity index (χ2n) is 17.8. The second kappa shape index (κ2) is 37.9. The molecule has 62 heavy (non-hydrogen) atoms. The summed E-state index contributed by atoms with van der Waals surface area (Å²) in [6.07, 6.45) is 28.4. The fourth-order valence-corrected chi connectivity index (χ4v) is 8.91. The zero-order valence-electron chi connectivity index (χ0n) is 38.8. The van der Waals surface area contributed by atoms with Gasteiger partial charge in [0.05, 0.1) is 31.3 Å². The lowest BCUT2D eigenvalue weighted by Gasteiger charge is -2.41. The van der Waals surface area contributed by atoms with E-state index in [1.165, 1.54) is 122 Å². The van der Waals surface area contributed by atoms with Crippen molar-refractivity contribution in [2.75, 3.05) is 6.61 Å². The van der Waals surface area contributed by atoms with Crippen molar-refractivity contribution in [3.8, 4) is 0 Å². The molecule has 0 heterocycles. The lowest BCUT2D eigenvalue weighted by molar-refractivity contribution is -0.220. The summed E-state index contributed by atoms with van der Waals surface area (Å²) >= 11 is 0. The molecule has 0 aliphatic heterocycles. The molecule has 1 rings (SSSR count). The minimum absolute atomic E-state index is 0.249. The first kappa shape index (κ1) is 58.8. The van der Waals surface area contributed by atoms with Gasteiger partial charge in [0.2, 0.25) is 5.91 Å². The Morgan fingerprint density at radius 3 is 1.37 bits per heavy atom. The molecule has 13 nitrogen and oxygen atoms in total. The third kappa shape index (κ3) is 29.3. The second-order valence-corrected chi connectivity index (χ2v) is 19.3. The predicted octanol–water partition coefficient (Wildman–Crippen LogP) is 8.76. The van der Waals surface area contributed by atoms with Crippen molar-refractivity contribution < 1.29 is 59.0 Å². The Hall–Kier alpha value is -1.22. The highest BCUT2D eigenvalue weighted by Crippen LogP contribution is 2.47. The summed E-state index contributed by atoms with van der Waals surface area (Å²) in [5, 5.41) is 74.5. The standard InChI is InChI=1S/C48H92NO12P/c1-3-5-7-9-11-13-15-17-18-19-20-21-22-24-25-27-29-31-33-35-39(50)37-42(52)49-40(41(51)36-34-32-30-28-26-23-16-14-12-10-8-6-4-2)38-60-62(58,59)61-48-46(56)44(54)43(53)45(55)47(48)57/h21-22,34,36,39-41,43-48,50-51,53-57H,3-20,23-33,35,37-38H2,1-2H3,(H,49,52)(H,58,59)/b22-21-,36-34+. The van der Waals surface area contributed by atoms with Crippen LogP contribution in [0.2, 0.25) is 0 Å². The molecule has 1 aliphatic carbocycles. The molecule has 0 spiro atoms. The van der Waals surface area contributed by atoms with Crippen molar-refractivity contribution in [1.29, 1.82) is 0 Å². The van der Waals surface area contributed by atoms with E-state index in [0.717, 1.165) is 64.2 Å². The third-order valence-electron chi connectivity index (χ3n) is 12.0. The van der Waals surface area contributed by atoms with Crippen LogP contribution in [0, 0.1) is 0 Å². The fraction of sp³-hybridized carbons (Fsp3) is 0.896. The van der Waals surface area contributed by atoms with Crippen LogP contribution in [-0.2, 0) is 18.4 Å². The first-order chi connectivity index (χ1) is 29.8. The monoisotopic (exact) mass is 906 g/mol. The molecule has 9 N–H and O–H groups in total. The average molecular weight is 906 g/mol. The number of hydrogen-bond acceptors (Lipinski definition) is 11. The van der Waals surface area contributed by atoms with E-state index < -0.39 is 75.2 Å². The number of aliphatic hydroxyl groups excluding tert-OH is 7. The van der Waals surface area contributed by atoms with Gasteiger partial charge < -0.3 is 46.0 Å². The Balaban J connectivity index is 2.49. The van der Waals surface area contributed by atoms with E-state index >= 15 is 0 Å². The molecule has 0 bridgehead atoms. The van der Waals surface area contributed by atoms with Gasteiger partial charge in [-0.05, 0) is 44.9 Å². The van der Waals surface area contributed by atoms with Crippen LogP contribution in [0.5, 0.6) is 0 Å². The van der Waals surface area contributed by atoms with E-state index in [-0.39, 0.29) is 6.42 Å². The number of unbranched alkanes of at least 4 members (excludes halogenated alkanes) is 26. The minimum Gasteiger partial charge on any atom is -0.393 e. The quantitative estimate of drug-likeness (QED) is 0.0159. The maximum Gasteiger partial charge on any atom is 0.472 e. The molecule has 1 fully saturated rings. The lowest BCUT2D eigenvalue weighted by Crippen LogP contribution is -2.64. The smallest absolute Gasteiger partial charge is 0.393 e. The van der Waals surface area contributed by atoms with Gasteiger partial charge in [-0.3, -0.25) is 13.8 Å². The number of carbonyl (C=O) groups is 1. The molecular formula is C48H92NO12P. The fourth-order valence-electron chi connectivity index (χ4n) is 7.94. The molecule has 0 aromatic carbocycles. The van der Waals surface area contributed by atoms with Crippen molar-refractivity contribution in [3.63, 3.8) is 0 Å². The van der Waals surface area contributed by atoms with Gasteiger partial charge in [0.25, 0.3) is 0 Å². The van der Waals surface area contributed by atoms with Crippen molar-refractivity contribution in [2.24, 2.45) is 0 Å². The van der Waals surface area contributed by atoms with Gasteiger partial charge in [-0.25, -0.2) is 4.57 Å². The van der Waals surface area contributed by atoms with Crippen LogP contribution in [0.4, 0.5) is 0 Å². The largest absolute Gasteiger partial charge is 0.472 e. The highest BCUT2D eigenvalue weighted by atomic mass is 31.2. The normalized spacial score (nSPS) is 23.2. The van der Waals surface area contributed by atoms with Crippen LogP contribution >= 0.6 is 7.82 Å². The van der Waals surface area contributed by atoms with Gasteiger partial charge in [-0.1, -0.05) is 186 Å². The highest BCUT2D eigenvalue weighted by molar-refractivity contribution is 7.47. The molecule has 0 radical (unpaired) electrons. The summed E-state index contributed by atoms with van der Waals surface area (Å²) in [6.45, 7) is 3.74. The first-order valence-electron chi connectivity index (χ1n) is 24.9. The predicted molar refractivity (Wildman–Crippen MR) is 247 cm³/mol. The zero-order chi connectivity index (χ0) is 45.9. The van der Waals surface area contributed by atoms with E-state index in [1.54, 1.807) is 6.08 Å². The van der Waals surface area contributed by atoms with Crippen molar-refractivity contribution in [3.05, 3.63) is 24.3 Å². The summed E-state index contributed by atoms with van der Waals surface area (Å²) in [7, 11) is -5.14. The van der Waals surface area contributed by atoms with Crippen LogP contribution in [0.1, 0.15) is 213 Å². The van der Waals surface area contributed by atoms with Crippen LogP contribution in [0.3, 0.4) is 0 Å². The Bertz CT molecular complexity index is 1160. The van der Waals surface area contributed by atoms with Gasteiger partial charge in [0.15, 0.2) is 0 Å². The Morgan fingerprint density at radius 1 is 0.565 bits per heavy atom. The minimum atomic E-state index is -5.14. The highest BCUT2D eigenvalue weighted by Gasteiger charge is 2.51. The van der Waals surface area contributed by atoms with E-state index in [2.05, 4.69) is 31.3 Å². The van der Waals surface area contributed by atoms with Gasteiger partial charge in [-0.15, -0.1) is 0 Å². The van der Waals surface area contributed by atoms with Crippen molar-refractivity contribution in [1.82, 2.24) is 5.32 Å². The lowest BCUT2D eigenvalue weighted by atomic mass is 9.85. The number of phosphoric ester groups is 1. The molecule has 0 aromatic heterocycles. The molecule has 14 heteroatoms. The SMILES string of the molecule is CCCCCCCCCCCC/C=C\CCCCCCCC(O)CC(=O)NC(COP(=O)(O)OC1C(O)C(O)C(O)C(O)C1O)C(O)/C=C/CCCCCCCCCCCCC. The van der Waals surface area contributed by atoms with Gasteiger partial charge in [0, 0.05) is 0 Å².